The van der Waals surface area contributed by atoms with Crippen molar-refractivity contribution in [2.75, 3.05) is 6.54 Å². The fraction of sp³-hybridized carbons (Fsp3) is 0.281. The van der Waals surface area contributed by atoms with Crippen molar-refractivity contribution in [2.45, 2.75) is 50.0 Å². The first-order valence-corrected chi connectivity index (χ1v) is 14.9. The molecule has 1 aromatic heterocycles. The van der Waals surface area contributed by atoms with Crippen molar-refractivity contribution in [1.29, 1.82) is 0 Å². The molecule has 9 nitrogen and oxygen atoms in total. The van der Waals surface area contributed by atoms with Crippen LogP contribution in [0, 0.1) is 11.6 Å². The van der Waals surface area contributed by atoms with E-state index in [2.05, 4.69) is 10.4 Å². The number of ether oxygens (including phenoxy) is 3. The molecule has 4 heterocycles. The zero-order chi connectivity index (χ0) is 33.2. The highest BCUT2D eigenvalue weighted by Gasteiger charge is 2.50. The maximum Gasteiger partial charge on any atom is 0.390 e. The third kappa shape index (κ3) is 5.15. The van der Waals surface area contributed by atoms with Gasteiger partial charge in [0.15, 0.2) is 22.9 Å². The number of rotatable bonds is 6. The van der Waals surface area contributed by atoms with Gasteiger partial charge in [0.05, 0.1) is 35.8 Å². The van der Waals surface area contributed by atoms with Crippen LogP contribution in [0.4, 0.5) is 22.0 Å². The molecule has 0 aliphatic carbocycles. The Balaban J connectivity index is 1.38. The molecule has 0 radical (unpaired) electrons. The Labute approximate surface area is 268 Å². The van der Waals surface area contributed by atoms with Gasteiger partial charge in [-0.15, -0.1) is 0 Å². The molecule has 0 unspecified atom stereocenters. The number of hydrogen-bond donors (Lipinski definition) is 2. The number of hydrogen-bond acceptors (Lipinski definition) is 7. The second-order valence-corrected chi connectivity index (χ2v) is 11.8. The summed E-state index contributed by atoms with van der Waals surface area (Å²) in [6.07, 6.45) is -3.31. The fourth-order valence-electron chi connectivity index (χ4n) is 6.48. The van der Waals surface area contributed by atoms with Gasteiger partial charge in [-0.2, -0.15) is 18.3 Å². The van der Waals surface area contributed by atoms with Crippen LogP contribution in [-0.4, -0.2) is 34.5 Å². The van der Waals surface area contributed by atoms with Gasteiger partial charge in [-0.25, -0.2) is 13.5 Å². The van der Waals surface area contributed by atoms with E-state index in [1.807, 2.05) is 30.3 Å². The summed E-state index contributed by atoms with van der Waals surface area (Å²) in [6, 6.07) is 11.2. The van der Waals surface area contributed by atoms with E-state index in [0.717, 1.165) is 43.3 Å². The Hall–Kier alpha value is -4.69. The largest absolute Gasteiger partial charge is 0.480 e. The highest BCUT2D eigenvalue weighted by atomic mass is 35.5. The molecular formula is C32H24ClF5N4O5. The third-order valence-corrected chi connectivity index (χ3v) is 8.97. The summed E-state index contributed by atoms with van der Waals surface area (Å²) in [7, 11) is 0. The van der Waals surface area contributed by atoms with Gasteiger partial charge in [-0.05, 0) is 31.0 Å². The van der Waals surface area contributed by atoms with Gasteiger partial charge >= 0.3 is 11.7 Å². The van der Waals surface area contributed by atoms with E-state index < -0.39 is 75.5 Å². The first kappa shape index (κ1) is 30.9. The molecule has 0 bridgehead atoms. The van der Waals surface area contributed by atoms with Crippen molar-refractivity contribution in [3.63, 3.8) is 0 Å². The zero-order valence-electron chi connectivity index (χ0n) is 24.2. The van der Waals surface area contributed by atoms with E-state index in [1.54, 1.807) is 0 Å². The lowest BCUT2D eigenvalue weighted by Gasteiger charge is -2.35. The Kier molecular flexibility index (Phi) is 7.39. The standard InChI is InChI=1S/C32H24ClF5N4O5/c33-25-18(34)12-19-17(13-31(47-19,22-7-4-9-40-22)15-5-2-1-3-6-15)23(25)24-16(29(39)43)11-20-27(26(24)35)46-28-21(45-20)14-41-42(30(28)44)10-8-32(36,37)38/h1-3,5-6,11-12,14,22,40H,4,7-10,13H2,(H2,39,43)/t22-,31-/m0/s1. The van der Waals surface area contributed by atoms with Gasteiger partial charge < -0.3 is 25.3 Å². The molecule has 3 aliphatic heterocycles. The quantitative estimate of drug-likeness (QED) is 0.201. The highest BCUT2D eigenvalue weighted by molar-refractivity contribution is 6.34. The highest BCUT2D eigenvalue weighted by Crippen LogP contribution is 2.55. The van der Waals surface area contributed by atoms with Crippen LogP contribution in [0.5, 0.6) is 28.7 Å². The lowest BCUT2D eigenvalue weighted by atomic mass is 9.80. The molecule has 2 atom stereocenters. The smallest absolute Gasteiger partial charge is 0.390 e. The number of nitrogens with two attached hydrogens (primary N) is 1. The van der Waals surface area contributed by atoms with Gasteiger partial charge in [0, 0.05) is 29.2 Å². The van der Waals surface area contributed by atoms with Crippen molar-refractivity contribution in [3.05, 3.63) is 92.4 Å². The van der Waals surface area contributed by atoms with Gasteiger partial charge in [0.25, 0.3) is 0 Å². The summed E-state index contributed by atoms with van der Waals surface area (Å²) < 4.78 is 89.1. The van der Waals surface area contributed by atoms with Crippen LogP contribution in [-0.2, 0) is 18.6 Å². The van der Waals surface area contributed by atoms with Crippen LogP contribution in [0.15, 0.2) is 53.5 Å². The second kappa shape index (κ2) is 11.2. The Morgan fingerprint density at radius 3 is 2.53 bits per heavy atom. The second-order valence-electron chi connectivity index (χ2n) is 11.4. The Bertz CT molecular complexity index is 2000. The number of fused-ring (bicyclic) bond motifs is 3. The average Bonchev–Trinajstić information content (AvgIpc) is 3.71. The molecule has 3 N–H and O–H groups in total. The summed E-state index contributed by atoms with van der Waals surface area (Å²) in [4.78, 5) is 25.8. The van der Waals surface area contributed by atoms with Gasteiger partial charge in [0.1, 0.15) is 11.6 Å². The molecule has 15 heteroatoms. The molecule has 7 rings (SSSR count). The minimum absolute atomic E-state index is 0.0770. The number of benzene rings is 3. The number of carbonyl (C=O) groups is 1. The monoisotopic (exact) mass is 674 g/mol. The number of carbonyl (C=O) groups excluding carboxylic acids is 1. The molecular weight excluding hydrogens is 651 g/mol. The number of alkyl halides is 3. The van der Waals surface area contributed by atoms with Crippen molar-refractivity contribution < 1.29 is 41.0 Å². The van der Waals surface area contributed by atoms with E-state index in [0.29, 0.717) is 10.2 Å². The fourth-order valence-corrected chi connectivity index (χ4v) is 6.74. The zero-order valence-corrected chi connectivity index (χ0v) is 25.0. The van der Waals surface area contributed by atoms with Gasteiger partial charge in [-0.3, -0.25) is 9.59 Å². The minimum atomic E-state index is -4.58. The van der Waals surface area contributed by atoms with Crippen LogP contribution in [0.1, 0.15) is 40.7 Å². The van der Waals surface area contributed by atoms with E-state index >= 15 is 8.78 Å². The summed E-state index contributed by atoms with van der Waals surface area (Å²) in [5, 5.41) is 6.60. The number of amides is 1. The first-order chi connectivity index (χ1) is 22.4. The number of nitrogens with zero attached hydrogens (tertiary/aromatic N) is 2. The van der Waals surface area contributed by atoms with Gasteiger partial charge in [-0.1, -0.05) is 41.9 Å². The molecule has 1 fully saturated rings. The molecule has 244 valence electrons. The number of aryl methyl sites for hydroxylation is 1. The maximum atomic E-state index is 16.8. The SMILES string of the molecule is NC(=O)c1cc2c(c(F)c1-c1c(Cl)c(F)cc3c1C[C@](c1ccccc1)([C@@H]1CCCN1)O3)Oc1c(cnn(CCC(F)(F)F)c1=O)O2. The topological polar surface area (TPSA) is 118 Å². The molecule has 0 saturated carbocycles. The summed E-state index contributed by atoms with van der Waals surface area (Å²) in [5.41, 5.74) is 3.44. The summed E-state index contributed by atoms with van der Waals surface area (Å²) in [6.45, 7) is -0.108. The molecule has 1 amide bonds. The van der Waals surface area contributed by atoms with Crippen LogP contribution >= 0.6 is 11.6 Å². The molecule has 4 aromatic rings. The number of halogens is 6. The van der Waals surface area contributed by atoms with Crippen LogP contribution in [0.25, 0.3) is 11.1 Å². The van der Waals surface area contributed by atoms with Crippen molar-refractivity contribution >= 4 is 17.5 Å². The van der Waals surface area contributed by atoms with Gasteiger partial charge in [0.2, 0.25) is 17.4 Å². The number of primary amides is 1. The van der Waals surface area contributed by atoms with Crippen molar-refractivity contribution in [3.8, 4) is 39.9 Å². The number of aromatic nitrogens is 2. The molecule has 47 heavy (non-hydrogen) atoms. The van der Waals surface area contributed by atoms with Crippen molar-refractivity contribution in [1.82, 2.24) is 15.1 Å². The van der Waals surface area contributed by atoms with E-state index in [4.69, 9.17) is 31.5 Å². The first-order valence-electron chi connectivity index (χ1n) is 14.6. The predicted molar refractivity (Wildman–Crippen MR) is 158 cm³/mol. The van der Waals surface area contributed by atoms with E-state index in [-0.39, 0.29) is 35.3 Å². The molecule has 3 aromatic carbocycles. The lowest BCUT2D eigenvalue weighted by molar-refractivity contribution is -0.137. The number of nitrogens with one attached hydrogen (secondary N) is 1. The van der Waals surface area contributed by atoms with Crippen molar-refractivity contribution in [2.24, 2.45) is 5.73 Å². The third-order valence-electron chi connectivity index (χ3n) is 8.60. The van der Waals surface area contributed by atoms with Crippen LogP contribution in [0.3, 0.4) is 0 Å². The van der Waals surface area contributed by atoms with E-state index in [9.17, 15) is 22.8 Å². The lowest BCUT2D eigenvalue weighted by Crippen LogP contribution is -2.48. The van der Waals surface area contributed by atoms with Crippen LogP contribution in [0.2, 0.25) is 5.02 Å². The summed E-state index contributed by atoms with van der Waals surface area (Å²) >= 11 is 6.55. The average molecular weight is 675 g/mol. The Morgan fingerprint density at radius 2 is 1.85 bits per heavy atom. The minimum Gasteiger partial charge on any atom is -0.480 e. The normalized spacial score (nSPS) is 19.7. The predicted octanol–water partition coefficient (Wildman–Crippen LogP) is 6.37. The molecule has 0 spiro atoms. The molecule has 3 aliphatic rings. The van der Waals surface area contributed by atoms with Crippen LogP contribution < -0.4 is 30.8 Å². The Morgan fingerprint density at radius 1 is 1.09 bits per heavy atom. The summed E-state index contributed by atoms with van der Waals surface area (Å²) in [5.74, 6) is -5.31. The maximum absolute atomic E-state index is 16.8. The molecule has 1 saturated heterocycles. The van der Waals surface area contributed by atoms with E-state index in [1.165, 1.54) is 0 Å².